The van der Waals surface area contributed by atoms with Gasteiger partial charge in [-0.15, -0.1) is 0 Å². The summed E-state index contributed by atoms with van der Waals surface area (Å²) < 4.78 is 0. The maximum absolute atomic E-state index is 5.61. The molecule has 8 aromatic carbocycles. The van der Waals surface area contributed by atoms with Crippen molar-refractivity contribution in [2.75, 3.05) is 9.80 Å². The van der Waals surface area contributed by atoms with Gasteiger partial charge < -0.3 is 9.80 Å². The first kappa shape index (κ1) is 47.0. The molecule has 358 valence electrons. The van der Waals surface area contributed by atoms with Crippen LogP contribution in [-0.2, 0) is 17.3 Å². The molecule has 73 heavy (non-hydrogen) atoms. The molecule has 2 unspecified atom stereocenters. The lowest BCUT2D eigenvalue weighted by Gasteiger charge is -2.26. The molecule has 9 aromatic rings. The predicted molar refractivity (Wildman–Crippen MR) is 306 cm³/mol. The number of allylic oxidation sites excluding steroid dienone is 4. The van der Waals surface area contributed by atoms with Crippen molar-refractivity contribution < 1.29 is 0 Å². The zero-order valence-corrected chi connectivity index (χ0v) is 42.8. The van der Waals surface area contributed by atoms with Crippen LogP contribution in [0.2, 0.25) is 0 Å². The van der Waals surface area contributed by atoms with Crippen LogP contribution in [0.3, 0.4) is 0 Å². The Kier molecular flexibility index (Phi) is 12.5. The molecule has 0 spiro atoms. The van der Waals surface area contributed by atoms with E-state index < -0.39 is 0 Å². The average molecular weight is 947 g/mol. The van der Waals surface area contributed by atoms with E-state index in [-0.39, 0.29) is 22.7 Å². The van der Waals surface area contributed by atoms with E-state index in [1.165, 1.54) is 44.5 Å². The second kappa shape index (κ2) is 19.3. The van der Waals surface area contributed by atoms with Crippen LogP contribution in [0, 0.1) is 0 Å². The Morgan fingerprint density at radius 2 is 0.877 bits per heavy atom. The van der Waals surface area contributed by atoms with Crippen LogP contribution in [0.4, 0.5) is 28.4 Å². The SMILES string of the molecule is C=C1/C=C\C(N(c2ccccc2)c2ccccc2)=C/Cc2cc(C(C)(C)C)ccc2C1c1cc(C2c3ccc(N(c4ccccc4)c4ccccc4)cc3-c3cc(C(C)(C)C)ccc32)nc(-c2ccccc2)n1. The third-order valence-electron chi connectivity index (χ3n) is 14.5. The van der Waals surface area contributed by atoms with Crippen LogP contribution >= 0.6 is 0 Å². The molecule has 0 bridgehead atoms. The topological polar surface area (TPSA) is 32.3 Å². The first-order valence-electron chi connectivity index (χ1n) is 25.6. The minimum absolute atomic E-state index is 0.0490. The van der Waals surface area contributed by atoms with E-state index in [2.05, 4.69) is 282 Å². The molecule has 0 aliphatic heterocycles. The maximum atomic E-state index is 5.61. The van der Waals surface area contributed by atoms with Crippen molar-refractivity contribution in [1.82, 2.24) is 9.97 Å². The fourth-order valence-electron chi connectivity index (χ4n) is 10.7. The van der Waals surface area contributed by atoms with Crippen molar-refractivity contribution in [1.29, 1.82) is 0 Å². The highest BCUT2D eigenvalue weighted by Gasteiger charge is 2.35. The quantitative estimate of drug-likeness (QED) is 0.144. The second-order valence-corrected chi connectivity index (χ2v) is 21.5. The van der Waals surface area contributed by atoms with Crippen molar-refractivity contribution in [3.63, 3.8) is 0 Å². The smallest absolute Gasteiger partial charge is 0.159 e. The predicted octanol–water partition coefficient (Wildman–Crippen LogP) is 17.9. The molecule has 0 saturated carbocycles. The van der Waals surface area contributed by atoms with Gasteiger partial charge in [0, 0.05) is 39.7 Å². The van der Waals surface area contributed by atoms with Crippen LogP contribution < -0.4 is 9.80 Å². The van der Waals surface area contributed by atoms with Crippen LogP contribution in [0.15, 0.2) is 248 Å². The number of anilines is 5. The van der Waals surface area contributed by atoms with Crippen molar-refractivity contribution in [3.05, 3.63) is 293 Å². The normalized spacial score (nSPS) is 16.4. The first-order valence-corrected chi connectivity index (χ1v) is 25.6. The fourth-order valence-corrected chi connectivity index (χ4v) is 10.7. The van der Waals surface area contributed by atoms with E-state index in [9.17, 15) is 0 Å². The Bertz CT molecular complexity index is 3430. The van der Waals surface area contributed by atoms with Gasteiger partial charge in [0.1, 0.15) is 0 Å². The van der Waals surface area contributed by atoms with E-state index in [1.54, 1.807) is 0 Å². The summed E-state index contributed by atoms with van der Waals surface area (Å²) >= 11 is 0. The summed E-state index contributed by atoms with van der Waals surface area (Å²) in [6.45, 7) is 18.7. The molecular formula is C69H62N4. The van der Waals surface area contributed by atoms with Gasteiger partial charge in [-0.1, -0.05) is 206 Å². The van der Waals surface area contributed by atoms with Crippen molar-refractivity contribution in [2.24, 2.45) is 0 Å². The van der Waals surface area contributed by atoms with Gasteiger partial charge in [-0.05, 0) is 140 Å². The Morgan fingerprint density at radius 1 is 0.425 bits per heavy atom. The zero-order chi connectivity index (χ0) is 50.3. The molecule has 2 aliphatic carbocycles. The van der Waals surface area contributed by atoms with E-state index in [4.69, 9.17) is 16.5 Å². The molecule has 4 heteroatoms. The summed E-state index contributed by atoms with van der Waals surface area (Å²) in [5.74, 6) is 0.282. The molecule has 1 aromatic heterocycles. The lowest BCUT2D eigenvalue weighted by molar-refractivity contribution is 0.589. The Labute approximate surface area is 432 Å². The van der Waals surface area contributed by atoms with Crippen LogP contribution in [-0.4, -0.2) is 9.97 Å². The molecule has 4 nitrogen and oxygen atoms in total. The van der Waals surface area contributed by atoms with Crippen LogP contribution in [0.5, 0.6) is 0 Å². The highest BCUT2D eigenvalue weighted by molar-refractivity contribution is 5.87. The summed E-state index contributed by atoms with van der Waals surface area (Å²) in [6, 6.07) is 76.6. The fraction of sp³-hybridized carbons (Fsp3) is 0.159. The molecule has 0 radical (unpaired) electrons. The highest BCUT2D eigenvalue weighted by Crippen LogP contribution is 2.52. The van der Waals surface area contributed by atoms with Crippen molar-refractivity contribution in [2.45, 2.75) is 70.6 Å². The molecular weight excluding hydrogens is 885 g/mol. The number of nitrogens with zero attached hydrogens (tertiary/aromatic N) is 4. The largest absolute Gasteiger partial charge is 0.311 e. The van der Waals surface area contributed by atoms with Crippen LogP contribution in [0.25, 0.3) is 22.5 Å². The molecule has 0 saturated heterocycles. The van der Waals surface area contributed by atoms with Gasteiger partial charge in [-0.3, -0.25) is 0 Å². The first-order chi connectivity index (χ1) is 35.4. The van der Waals surface area contributed by atoms with Crippen molar-refractivity contribution in [3.8, 4) is 22.5 Å². The number of hydrogen-bond acceptors (Lipinski definition) is 4. The minimum Gasteiger partial charge on any atom is -0.311 e. The number of benzene rings is 8. The number of rotatable bonds is 9. The van der Waals surface area contributed by atoms with Gasteiger partial charge in [0.05, 0.1) is 23.2 Å². The molecule has 0 fully saturated rings. The summed E-state index contributed by atoms with van der Waals surface area (Å²) in [5.41, 5.74) is 20.3. The van der Waals surface area contributed by atoms with E-state index in [0.29, 0.717) is 12.2 Å². The molecule has 2 aliphatic rings. The van der Waals surface area contributed by atoms with Gasteiger partial charge in [0.25, 0.3) is 0 Å². The second-order valence-electron chi connectivity index (χ2n) is 21.5. The average Bonchev–Trinajstić information content (AvgIpc) is 3.76. The molecule has 2 atom stereocenters. The Balaban J connectivity index is 1.11. The zero-order valence-electron chi connectivity index (χ0n) is 42.8. The van der Waals surface area contributed by atoms with E-state index in [0.717, 1.165) is 56.7 Å². The molecule has 0 amide bonds. The molecule has 11 rings (SSSR count). The Hall–Kier alpha value is -8.34. The van der Waals surface area contributed by atoms with Gasteiger partial charge >= 0.3 is 0 Å². The summed E-state index contributed by atoms with van der Waals surface area (Å²) in [7, 11) is 0. The van der Waals surface area contributed by atoms with Gasteiger partial charge in [0.2, 0.25) is 0 Å². The number of para-hydroxylation sites is 4. The monoisotopic (exact) mass is 946 g/mol. The minimum atomic E-state index is -0.268. The van der Waals surface area contributed by atoms with Gasteiger partial charge in [-0.2, -0.15) is 0 Å². The van der Waals surface area contributed by atoms with Gasteiger partial charge in [-0.25, -0.2) is 9.97 Å². The maximum Gasteiger partial charge on any atom is 0.159 e. The standard InChI is InChI=1S/C69H62N4/c1-47-33-37-56(72(52-25-15-9-16-26-52)53-27-17-10-18-28-53)38-34-49-43-50(68(2,3)4)35-40-58(49)65(47)63-46-64(71-67(70-63)48-23-13-8-14-24-48)66-59-41-36-51(69(5,6)7)44-61(59)62-45-57(39-42-60(62)66)73(54-29-19-11-20-30-54)55-31-21-12-22-32-55/h8-33,35-46,65-66H,1,34H2,2-7H3/b37-33-,56-38+. The number of fused-ring (bicyclic) bond motifs is 4. The lowest BCUT2D eigenvalue weighted by atomic mass is 9.80. The van der Waals surface area contributed by atoms with Crippen molar-refractivity contribution >= 4 is 28.4 Å². The third-order valence-corrected chi connectivity index (χ3v) is 14.5. The number of hydrogen-bond donors (Lipinski definition) is 0. The Morgan fingerprint density at radius 3 is 1.41 bits per heavy atom. The molecule has 1 heterocycles. The highest BCUT2D eigenvalue weighted by atomic mass is 15.1. The van der Waals surface area contributed by atoms with Gasteiger partial charge in [0.15, 0.2) is 5.82 Å². The number of aromatic nitrogens is 2. The third kappa shape index (κ3) is 9.38. The van der Waals surface area contributed by atoms with Crippen LogP contribution in [0.1, 0.15) is 98.1 Å². The molecule has 0 N–H and O–H groups in total. The summed E-state index contributed by atoms with van der Waals surface area (Å²) in [4.78, 5) is 15.9. The van der Waals surface area contributed by atoms with E-state index in [1.807, 2.05) is 0 Å². The summed E-state index contributed by atoms with van der Waals surface area (Å²) in [6.07, 6.45) is 7.55. The van der Waals surface area contributed by atoms with E-state index >= 15 is 0 Å². The lowest BCUT2D eigenvalue weighted by Crippen LogP contribution is -2.16. The summed E-state index contributed by atoms with van der Waals surface area (Å²) in [5, 5.41) is 0.